The smallest absolute Gasteiger partial charge is 0.157 e. The Labute approximate surface area is 124 Å². The molecule has 2 aromatic rings. The van der Waals surface area contributed by atoms with E-state index in [0.717, 1.165) is 24.5 Å². The molecule has 0 saturated heterocycles. The Balaban J connectivity index is 1.56. The fraction of sp³-hybridized carbons (Fsp3) is 0.562. The lowest BCUT2D eigenvalue weighted by molar-refractivity contribution is 0.676. The lowest BCUT2D eigenvalue weighted by Crippen LogP contribution is -2.09. The van der Waals surface area contributed by atoms with Crippen LogP contribution in [0.1, 0.15) is 61.3 Å². The highest BCUT2D eigenvalue weighted by Crippen LogP contribution is 2.34. The molecule has 1 fully saturated rings. The maximum absolute atomic E-state index is 4.40. The summed E-state index contributed by atoms with van der Waals surface area (Å²) in [5, 5.41) is 19.4. The first-order chi connectivity index (χ1) is 10.4. The summed E-state index contributed by atoms with van der Waals surface area (Å²) < 4.78 is 0. The van der Waals surface area contributed by atoms with Gasteiger partial charge in [0.25, 0.3) is 0 Å². The molecule has 0 unspecified atom stereocenters. The molecule has 110 valence electrons. The number of hydrogen-bond donors (Lipinski definition) is 2. The van der Waals surface area contributed by atoms with Gasteiger partial charge in [-0.05, 0) is 44.1 Å². The standard InChI is InChI=1S/C16H21N5/c1-2-6-11(5-1)14-9-15(20-19-14)18-16-13-8-4-3-7-12(13)10-17-21-16/h9-11H,1-8H2,(H2,18,19,20,21). The van der Waals surface area contributed by atoms with Crippen LogP contribution in [0.25, 0.3) is 0 Å². The molecule has 0 bridgehead atoms. The molecule has 5 nitrogen and oxygen atoms in total. The van der Waals surface area contributed by atoms with E-state index < -0.39 is 0 Å². The van der Waals surface area contributed by atoms with E-state index in [9.17, 15) is 0 Å². The second kappa shape index (κ2) is 5.47. The van der Waals surface area contributed by atoms with Crippen molar-refractivity contribution in [1.29, 1.82) is 0 Å². The van der Waals surface area contributed by atoms with Crippen molar-refractivity contribution >= 4 is 11.6 Å². The summed E-state index contributed by atoms with van der Waals surface area (Å²) in [7, 11) is 0. The monoisotopic (exact) mass is 283 g/mol. The molecule has 4 rings (SSSR count). The normalized spacial score (nSPS) is 18.7. The highest BCUT2D eigenvalue weighted by molar-refractivity contribution is 5.57. The van der Waals surface area contributed by atoms with Crippen LogP contribution in [0.4, 0.5) is 11.6 Å². The number of fused-ring (bicyclic) bond motifs is 1. The van der Waals surface area contributed by atoms with E-state index in [1.807, 2.05) is 6.20 Å². The van der Waals surface area contributed by atoms with E-state index in [-0.39, 0.29) is 0 Å². The van der Waals surface area contributed by atoms with Crippen LogP contribution in [0, 0.1) is 0 Å². The zero-order valence-electron chi connectivity index (χ0n) is 12.2. The molecule has 2 aliphatic rings. The van der Waals surface area contributed by atoms with Crippen LogP contribution in [0.5, 0.6) is 0 Å². The zero-order valence-corrected chi connectivity index (χ0v) is 12.2. The minimum absolute atomic E-state index is 0.656. The first kappa shape index (κ1) is 12.8. The molecule has 2 N–H and O–H groups in total. The van der Waals surface area contributed by atoms with Gasteiger partial charge >= 0.3 is 0 Å². The van der Waals surface area contributed by atoms with Crippen molar-refractivity contribution < 1.29 is 0 Å². The van der Waals surface area contributed by atoms with Gasteiger partial charge in [0.05, 0.1) is 6.20 Å². The fourth-order valence-electron chi connectivity index (χ4n) is 3.63. The van der Waals surface area contributed by atoms with Crippen molar-refractivity contribution in [1.82, 2.24) is 20.4 Å². The Hall–Kier alpha value is -1.91. The lowest BCUT2D eigenvalue weighted by Gasteiger charge is -2.17. The van der Waals surface area contributed by atoms with Gasteiger partial charge in [-0.2, -0.15) is 10.2 Å². The van der Waals surface area contributed by atoms with Gasteiger partial charge in [-0.25, -0.2) is 0 Å². The minimum atomic E-state index is 0.656. The quantitative estimate of drug-likeness (QED) is 0.905. The van der Waals surface area contributed by atoms with Crippen LogP contribution >= 0.6 is 0 Å². The number of aromatic nitrogens is 4. The first-order valence-corrected chi connectivity index (χ1v) is 8.06. The van der Waals surface area contributed by atoms with Crippen molar-refractivity contribution in [3.8, 4) is 0 Å². The summed E-state index contributed by atoms with van der Waals surface area (Å²) in [4.78, 5) is 0. The molecule has 2 aromatic heterocycles. The van der Waals surface area contributed by atoms with Gasteiger partial charge in [0.15, 0.2) is 11.6 Å². The second-order valence-corrected chi connectivity index (χ2v) is 6.22. The minimum Gasteiger partial charge on any atom is -0.322 e. The van der Waals surface area contributed by atoms with Gasteiger partial charge in [-0.1, -0.05) is 12.8 Å². The molecule has 0 spiro atoms. The van der Waals surface area contributed by atoms with Gasteiger partial charge in [0, 0.05) is 23.2 Å². The predicted octanol–water partition coefficient (Wildman–Crippen LogP) is 3.48. The van der Waals surface area contributed by atoms with Crippen molar-refractivity contribution in [3.63, 3.8) is 0 Å². The average Bonchev–Trinajstić information content (AvgIpc) is 3.18. The molecule has 0 atom stereocenters. The lowest BCUT2D eigenvalue weighted by atomic mass is 9.94. The molecule has 0 radical (unpaired) electrons. The molecule has 21 heavy (non-hydrogen) atoms. The van der Waals surface area contributed by atoms with Crippen LogP contribution in [0.15, 0.2) is 12.3 Å². The topological polar surface area (TPSA) is 66.5 Å². The predicted molar refractivity (Wildman–Crippen MR) is 81.8 cm³/mol. The van der Waals surface area contributed by atoms with Crippen molar-refractivity contribution in [2.75, 3.05) is 5.32 Å². The molecule has 5 heteroatoms. The van der Waals surface area contributed by atoms with Gasteiger partial charge in [-0.15, -0.1) is 5.10 Å². The number of aryl methyl sites for hydroxylation is 1. The summed E-state index contributed by atoms with van der Waals surface area (Å²) in [5.41, 5.74) is 3.92. The summed E-state index contributed by atoms with van der Waals surface area (Å²) in [6.07, 6.45) is 11.8. The number of rotatable bonds is 3. The SMILES string of the molecule is c1c(Nc2nncc3c2CCCC3)n[nH]c1C1CCCC1. The third-order valence-corrected chi connectivity index (χ3v) is 4.81. The zero-order chi connectivity index (χ0) is 14.1. The van der Waals surface area contributed by atoms with Crippen molar-refractivity contribution in [2.45, 2.75) is 57.3 Å². The summed E-state index contributed by atoms with van der Waals surface area (Å²) in [6, 6.07) is 2.14. The number of H-pyrrole nitrogens is 1. The van der Waals surface area contributed by atoms with Gasteiger partial charge in [0.2, 0.25) is 0 Å². The third kappa shape index (κ3) is 2.52. The van der Waals surface area contributed by atoms with E-state index in [4.69, 9.17) is 0 Å². The van der Waals surface area contributed by atoms with E-state index in [2.05, 4.69) is 31.8 Å². The highest BCUT2D eigenvalue weighted by Gasteiger charge is 2.20. The molecule has 2 heterocycles. The first-order valence-electron chi connectivity index (χ1n) is 8.06. The molecule has 0 aromatic carbocycles. The third-order valence-electron chi connectivity index (χ3n) is 4.81. The van der Waals surface area contributed by atoms with Crippen molar-refractivity contribution in [2.24, 2.45) is 0 Å². The van der Waals surface area contributed by atoms with E-state index >= 15 is 0 Å². The Bertz CT molecular complexity index is 627. The number of nitrogens with one attached hydrogen (secondary N) is 2. The molecular weight excluding hydrogens is 262 g/mol. The van der Waals surface area contributed by atoms with Crippen LogP contribution < -0.4 is 5.32 Å². The number of hydrogen-bond acceptors (Lipinski definition) is 4. The van der Waals surface area contributed by atoms with Gasteiger partial charge in [-0.3, -0.25) is 5.10 Å². The molecule has 0 amide bonds. The van der Waals surface area contributed by atoms with Crippen LogP contribution in [-0.4, -0.2) is 20.4 Å². The molecule has 2 aliphatic carbocycles. The van der Waals surface area contributed by atoms with Crippen LogP contribution in [-0.2, 0) is 12.8 Å². The van der Waals surface area contributed by atoms with Crippen molar-refractivity contribution in [3.05, 3.63) is 29.1 Å². The fourth-order valence-corrected chi connectivity index (χ4v) is 3.63. The van der Waals surface area contributed by atoms with E-state index in [1.54, 1.807) is 0 Å². The van der Waals surface area contributed by atoms with Crippen LogP contribution in [0.2, 0.25) is 0 Å². The average molecular weight is 283 g/mol. The number of anilines is 2. The highest BCUT2D eigenvalue weighted by atomic mass is 15.2. The Morgan fingerprint density at radius 2 is 1.95 bits per heavy atom. The molecule has 0 aliphatic heterocycles. The maximum Gasteiger partial charge on any atom is 0.157 e. The Morgan fingerprint density at radius 3 is 2.86 bits per heavy atom. The van der Waals surface area contributed by atoms with E-state index in [1.165, 1.54) is 55.3 Å². The molecular formula is C16H21N5. The Morgan fingerprint density at radius 1 is 1.10 bits per heavy atom. The Kier molecular flexibility index (Phi) is 3.33. The summed E-state index contributed by atoms with van der Waals surface area (Å²) in [6.45, 7) is 0. The summed E-state index contributed by atoms with van der Waals surface area (Å²) in [5.74, 6) is 2.41. The maximum atomic E-state index is 4.40. The summed E-state index contributed by atoms with van der Waals surface area (Å²) >= 11 is 0. The number of nitrogens with zero attached hydrogens (tertiary/aromatic N) is 3. The van der Waals surface area contributed by atoms with Crippen LogP contribution in [0.3, 0.4) is 0 Å². The molecule has 1 saturated carbocycles. The second-order valence-electron chi connectivity index (χ2n) is 6.22. The van der Waals surface area contributed by atoms with Gasteiger partial charge < -0.3 is 5.32 Å². The van der Waals surface area contributed by atoms with E-state index in [0.29, 0.717) is 5.92 Å². The number of aromatic amines is 1. The van der Waals surface area contributed by atoms with Gasteiger partial charge in [0.1, 0.15) is 0 Å². The largest absolute Gasteiger partial charge is 0.322 e.